The second-order valence-electron chi connectivity index (χ2n) is 10.6. The van der Waals surface area contributed by atoms with Crippen LogP contribution in [0.3, 0.4) is 0 Å². The molecule has 0 saturated carbocycles. The average Bonchev–Trinajstić information content (AvgIpc) is 3.66. The number of anilines is 1. The summed E-state index contributed by atoms with van der Waals surface area (Å²) in [6.07, 6.45) is 1.87. The van der Waals surface area contributed by atoms with Crippen LogP contribution >= 0.6 is 11.3 Å². The van der Waals surface area contributed by atoms with E-state index >= 15 is 4.39 Å². The molecule has 1 atom stereocenters. The molecule has 1 aromatic carbocycles. The summed E-state index contributed by atoms with van der Waals surface area (Å²) in [7, 11) is 0. The van der Waals surface area contributed by atoms with Crippen molar-refractivity contribution in [3.05, 3.63) is 76.2 Å². The molecule has 2 amide bonds. The van der Waals surface area contributed by atoms with E-state index in [1.807, 2.05) is 39.0 Å². The SMILES string of the molecule is Cc1ccc2c(n1)Oc1nc(-c3ccc(C(=O)N4CCCC4)c(F)c3)ccc1[C@H]2C(C)(C)C(=O)Nc1nncs1. The molecule has 0 aliphatic carbocycles. The molecule has 3 aromatic heterocycles. The van der Waals surface area contributed by atoms with Gasteiger partial charge in [0.15, 0.2) is 0 Å². The molecule has 11 heteroatoms. The highest BCUT2D eigenvalue weighted by Crippen LogP contribution is 2.51. The smallest absolute Gasteiger partial charge is 0.256 e. The van der Waals surface area contributed by atoms with Crippen molar-refractivity contribution < 1.29 is 18.7 Å². The van der Waals surface area contributed by atoms with Gasteiger partial charge in [-0.05, 0) is 44.0 Å². The third-order valence-electron chi connectivity index (χ3n) is 7.51. The highest BCUT2D eigenvalue weighted by molar-refractivity contribution is 7.13. The van der Waals surface area contributed by atoms with Crippen molar-refractivity contribution in [3.63, 3.8) is 0 Å². The van der Waals surface area contributed by atoms with E-state index in [9.17, 15) is 9.59 Å². The van der Waals surface area contributed by atoms with E-state index in [1.165, 1.54) is 23.5 Å². The summed E-state index contributed by atoms with van der Waals surface area (Å²) < 4.78 is 21.3. The van der Waals surface area contributed by atoms with Gasteiger partial charge in [0.1, 0.15) is 11.3 Å². The van der Waals surface area contributed by atoms with Crippen molar-refractivity contribution >= 4 is 28.3 Å². The van der Waals surface area contributed by atoms with Gasteiger partial charge in [0, 0.05) is 41.4 Å². The van der Waals surface area contributed by atoms with E-state index in [2.05, 4.69) is 20.5 Å². The molecular formula is C29H27FN6O3S. The van der Waals surface area contributed by atoms with Gasteiger partial charge < -0.3 is 15.0 Å². The molecule has 0 radical (unpaired) electrons. The molecule has 0 bridgehead atoms. The van der Waals surface area contributed by atoms with Crippen molar-refractivity contribution in [3.8, 4) is 23.0 Å². The van der Waals surface area contributed by atoms with Crippen LogP contribution < -0.4 is 10.1 Å². The first-order valence-electron chi connectivity index (χ1n) is 13.1. The lowest BCUT2D eigenvalue weighted by atomic mass is 9.70. The number of amides is 2. The average molecular weight is 559 g/mol. The maximum atomic E-state index is 15.1. The largest absolute Gasteiger partial charge is 0.420 e. The quantitative estimate of drug-likeness (QED) is 0.340. The number of aryl methyl sites for hydroxylation is 1. The molecule has 4 aromatic rings. The van der Waals surface area contributed by atoms with Gasteiger partial charge in [0.2, 0.25) is 22.8 Å². The van der Waals surface area contributed by atoms with E-state index in [-0.39, 0.29) is 17.4 Å². The van der Waals surface area contributed by atoms with Crippen LogP contribution in [0.15, 0.2) is 48.0 Å². The van der Waals surface area contributed by atoms with Gasteiger partial charge in [0.25, 0.3) is 5.91 Å². The number of carbonyl (C=O) groups is 2. The first kappa shape index (κ1) is 26.0. The third-order valence-corrected chi connectivity index (χ3v) is 8.12. The van der Waals surface area contributed by atoms with Crippen molar-refractivity contribution in [2.75, 3.05) is 18.4 Å². The molecule has 1 N–H and O–H groups in total. The zero-order valence-corrected chi connectivity index (χ0v) is 23.1. The summed E-state index contributed by atoms with van der Waals surface area (Å²) in [5.41, 5.74) is 3.87. The Hall–Kier alpha value is -4.25. The van der Waals surface area contributed by atoms with Crippen LogP contribution in [0.5, 0.6) is 11.8 Å². The Bertz CT molecular complexity index is 1620. The molecule has 9 nitrogen and oxygen atoms in total. The Morgan fingerprint density at radius 1 is 1.05 bits per heavy atom. The summed E-state index contributed by atoms with van der Waals surface area (Å²) >= 11 is 1.24. The first-order chi connectivity index (χ1) is 19.2. The number of carbonyl (C=O) groups excluding carboxylic acids is 2. The Labute approximate surface area is 234 Å². The number of halogens is 1. The molecule has 2 aliphatic rings. The van der Waals surface area contributed by atoms with Gasteiger partial charge >= 0.3 is 0 Å². The van der Waals surface area contributed by atoms with Crippen LogP contribution in [0.2, 0.25) is 0 Å². The van der Waals surface area contributed by atoms with Crippen LogP contribution in [-0.2, 0) is 4.79 Å². The maximum Gasteiger partial charge on any atom is 0.256 e. The minimum atomic E-state index is -0.956. The van der Waals surface area contributed by atoms with E-state index in [0.717, 1.165) is 24.1 Å². The zero-order chi connectivity index (χ0) is 28.0. The Morgan fingerprint density at radius 2 is 1.77 bits per heavy atom. The van der Waals surface area contributed by atoms with Gasteiger partial charge in [-0.25, -0.2) is 14.4 Å². The third kappa shape index (κ3) is 4.60. The number of benzene rings is 1. The summed E-state index contributed by atoms with van der Waals surface area (Å²) in [4.78, 5) is 37.2. The molecule has 1 fully saturated rings. The van der Waals surface area contributed by atoms with Gasteiger partial charge in [-0.2, -0.15) is 0 Å². The summed E-state index contributed by atoms with van der Waals surface area (Å²) in [5.74, 6) is -0.897. The number of pyridine rings is 2. The predicted octanol–water partition coefficient (Wildman–Crippen LogP) is 5.58. The molecule has 204 valence electrons. The number of ether oxygens (including phenoxy) is 1. The number of hydrogen-bond acceptors (Lipinski definition) is 8. The highest BCUT2D eigenvalue weighted by Gasteiger charge is 2.45. The van der Waals surface area contributed by atoms with Gasteiger partial charge in [0.05, 0.1) is 16.7 Å². The fourth-order valence-electron chi connectivity index (χ4n) is 5.35. The minimum absolute atomic E-state index is 0.0525. The van der Waals surface area contributed by atoms with Crippen LogP contribution in [0.4, 0.5) is 9.52 Å². The number of nitrogens with zero attached hydrogens (tertiary/aromatic N) is 5. The van der Waals surface area contributed by atoms with Crippen molar-refractivity contribution in [1.29, 1.82) is 0 Å². The van der Waals surface area contributed by atoms with Gasteiger partial charge in [-0.1, -0.05) is 43.4 Å². The Kier molecular flexibility index (Phi) is 6.53. The van der Waals surface area contributed by atoms with E-state index in [1.54, 1.807) is 22.5 Å². The number of likely N-dealkylation sites (tertiary alicyclic amines) is 1. The zero-order valence-electron chi connectivity index (χ0n) is 22.3. The minimum Gasteiger partial charge on any atom is -0.420 e. The Morgan fingerprint density at radius 3 is 2.48 bits per heavy atom. The van der Waals surface area contributed by atoms with Gasteiger partial charge in [-0.3, -0.25) is 9.59 Å². The normalized spacial score (nSPS) is 16.2. The number of fused-ring (bicyclic) bond motifs is 2. The lowest BCUT2D eigenvalue weighted by Gasteiger charge is -2.37. The molecule has 6 rings (SSSR count). The first-order valence-corrected chi connectivity index (χ1v) is 13.9. The lowest BCUT2D eigenvalue weighted by Crippen LogP contribution is -2.38. The molecule has 40 heavy (non-hydrogen) atoms. The number of aromatic nitrogens is 4. The van der Waals surface area contributed by atoms with E-state index in [4.69, 9.17) is 9.72 Å². The predicted molar refractivity (Wildman–Crippen MR) is 148 cm³/mol. The van der Waals surface area contributed by atoms with E-state index in [0.29, 0.717) is 46.8 Å². The van der Waals surface area contributed by atoms with Gasteiger partial charge in [-0.15, -0.1) is 10.2 Å². The topological polar surface area (TPSA) is 110 Å². The van der Waals surface area contributed by atoms with Crippen molar-refractivity contribution in [2.24, 2.45) is 5.41 Å². The molecule has 5 heterocycles. The molecular weight excluding hydrogens is 531 g/mol. The second kappa shape index (κ2) is 10.1. The molecule has 1 saturated heterocycles. The monoisotopic (exact) mass is 558 g/mol. The molecule has 0 spiro atoms. The Balaban J connectivity index is 1.37. The fourth-order valence-corrected chi connectivity index (χ4v) is 5.79. The fraction of sp³-hybridized carbons (Fsp3) is 0.310. The van der Waals surface area contributed by atoms with Crippen LogP contribution in [0.25, 0.3) is 11.3 Å². The number of nitrogens with one attached hydrogen (secondary N) is 1. The summed E-state index contributed by atoms with van der Waals surface area (Å²) in [6.45, 7) is 6.86. The van der Waals surface area contributed by atoms with Crippen LogP contribution in [0, 0.1) is 18.2 Å². The van der Waals surface area contributed by atoms with Crippen LogP contribution in [0.1, 0.15) is 59.8 Å². The second-order valence-corrected chi connectivity index (χ2v) is 11.4. The highest BCUT2D eigenvalue weighted by atomic mass is 32.1. The van der Waals surface area contributed by atoms with Crippen molar-refractivity contribution in [2.45, 2.75) is 39.5 Å². The summed E-state index contributed by atoms with van der Waals surface area (Å²) in [5, 5.41) is 11.0. The van der Waals surface area contributed by atoms with Crippen molar-refractivity contribution in [1.82, 2.24) is 25.1 Å². The van der Waals surface area contributed by atoms with Crippen LogP contribution in [-0.4, -0.2) is 50.0 Å². The van der Waals surface area contributed by atoms with E-state index < -0.39 is 17.2 Å². The molecule has 0 unspecified atom stereocenters. The number of rotatable bonds is 5. The maximum absolute atomic E-state index is 15.1. The standard InChI is InChI=1S/C29H27FN6O3S/c1-16-6-8-19-23(29(2,3)27(38)34-28-35-31-15-40-28)20-10-11-22(33-25(20)39-24(19)32-16)17-7-9-18(21(30)14-17)26(37)36-12-4-5-13-36/h6-11,14-15,23H,4-5,12-13H2,1-3H3,(H,34,35,38)/t23-/m0/s1. The lowest BCUT2D eigenvalue weighted by molar-refractivity contribution is -0.124. The number of hydrogen-bond donors (Lipinski definition) is 1. The summed E-state index contributed by atoms with van der Waals surface area (Å²) in [6, 6.07) is 12.0. The molecule has 2 aliphatic heterocycles.